The largest absolute Gasteiger partial charge is 0.573 e. The fourth-order valence-corrected chi connectivity index (χ4v) is 2.14. The maximum absolute atomic E-state index is 12.0. The molecule has 0 saturated carbocycles. The molecule has 1 aromatic rings. The topological polar surface area (TPSA) is 18.5 Å². The van der Waals surface area contributed by atoms with E-state index in [4.69, 9.17) is 4.74 Å². The van der Waals surface area contributed by atoms with Crippen molar-refractivity contribution in [2.75, 3.05) is 0 Å². The van der Waals surface area contributed by atoms with Crippen LogP contribution in [0.4, 0.5) is 13.2 Å². The average molecular weight is 260 g/mol. The lowest BCUT2D eigenvalue weighted by molar-refractivity contribution is -0.274. The molecular weight excluding hydrogens is 245 g/mol. The minimum absolute atomic E-state index is 0.0197. The summed E-state index contributed by atoms with van der Waals surface area (Å²) in [6, 6.07) is 5.91. The first kappa shape index (κ1) is 13.2. The van der Waals surface area contributed by atoms with Crippen molar-refractivity contribution in [1.29, 1.82) is 0 Å². The second-order valence-corrected chi connectivity index (χ2v) is 4.48. The van der Waals surface area contributed by atoms with Gasteiger partial charge in [-0.15, -0.1) is 13.2 Å². The molecule has 1 heterocycles. The number of rotatable bonds is 2. The van der Waals surface area contributed by atoms with Gasteiger partial charge in [0.1, 0.15) is 5.75 Å². The van der Waals surface area contributed by atoms with E-state index in [1.165, 1.54) is 12.1 Å². The zero-order chi connectivity index (χ0) is 13.2. The Bertz CT molecular complexity index is 386. The lowest BCUT2D eigenvalue weighted by Crippen LogP contribution is -2.19. The highest BCUT2D eigenvalue weighted by Crippen LogP contribution is 2.32. The lowest BCUT2D eigenvalue weighted by atomic mass is 9.99. The highest BCUT2D eigenvalue weighted by atomic mass is 19.4. The Morgan fingerprint density at radius 2 is 1.83 bits per heavy atom. The molecule has 5 heteroatoms. The molecule has 100 valence electrons. The number of alkyl halides is 3. The fourth-order valence-electron chi connectivity index (χ4n) is 2.14. The van der Waals surface area contributed by atoms with Gasteiger partial charge in [-0.3, -0.25) is 0 Å². The second kappa shape index (κ2) is 5.18. The van der Waals surface area contributed by atoms with Crippen molar-refractivity contribution < 1.29 is 22.6 Å². The Hall–Kier alpha value is -1.23. The van der Waals surface area contributed by atoms with Gasteiger partial charge in [-0.05, 0) is 43.9 Å². The third-order valence-corrected chi connectivity index (χ3v) is 2.96. The second-order valence-electron chi connectivity index (χ2n) is 4.48. The maximum Gasteiger partial charge on any atom is 0.573 e. The summed E-state index contributed by atoms with van der Waals surface area (Å²) in [7, 11) is 0. The smallest absolute Gasteiger partial charge is 0.406 e. The predicted octanol–water partition coefficient (Wildman–Crippen LogP) is 4.22. The third-order valence-electron chi connectivity index (χ3n) is 2.96. The van der Waals surface area contributed by atoms with Gasteiger partial charge in [0.15, 0.2) is 0 Å². The summed E-state index contributed by atoms with van der Waals surface area (Å²) in [5.74, 6) is -0.199. The zero-order valence-electron chi connectivity index (χ0n) is 10.0. The van der Waals surface area contributed by atoms with Gasteiger partial charge in [-0.2, -0.15) is 0 Å². The molecule has 0 amide bonds. The summed E-state index contributed by atoms with van der Waals surface area (Å²) in [4.78, 5) is 0. The van der Waals surface area contributed by atoms with Crippen LogP contribution in [-0.4, -0.2) is 12.5 Å². The quantitative estimate of drug-likeness (QED) is 0.792. The van der Waals surface area contributed by atoms with E-state index in [1.807, 2.05) is 6.92 Å². The molecule has 2 rings (SSSR count). The van der Waals surface area contributed by atoms with Gasteiger partial charge in [-0.25, -0.2) is 0 Å². The average Bonchev–Trinajstić information content (AvgIpc) is 2.28. The summed E-state index contributed by atoms with van der Waals surface area (Å²) in [5, 5.41) is 0. The molecular formula is C13H15F3O2. The molecule has 0 aromatic heterocycles. The Balaban J connectivity index is 2.03. The standard InChI is InChI=1S/C13H15F3O2/c1-9-3-2-4-12(17-9)10-5-7-11(8-6-10)18-13(14,15)16/h5-9,12H,2-4H2,1H3/t9-,12-/m0/s1. The number of hydrogen-bond acceptors (Lipinski definition) is 2. The number of halogens is 3. The van der Waals surface area contributed by atoms with Crippen molar-refractivity contribution in [1.82, 2.24) is 0 Å². The molecule has 2 nitrogen and oxygen atoms in total. The lowest BCUT2D eigenvalue weighted by Gasteiger charge is -2.28. The van der Waals surface area contributed by atoms with Crippen molar-refractivity contribution in [2.24, 2.45) is 0 Å². The molecule has 0 aliphatic carbocycles. The summed E-state index contributed by atoms with van der Waals surface area (Å²) in [5.41, 5.74) is 0.899. The Morgan fingerprint density at radius 1 is 1.17 bits per heavy atom. The van der Waals surface area contributed by atoms with Gasteiger partial charge in [0.25, 0.3) is 0 Å². The molecule has 1 aliphatic rings. The van der Waals surface area contributed by atoms with Crippen molar-refractivity contribution in [3.05, 3.63) is 29.8 Å². The molecule has 2 atom stereocenters. The van der Waals surface area contributed by atoms with E-state index in [1.54, 1.807) is 12.1 Å². The first-order valence-electron chi connectivity index (χ1n) is 5.95. The predicted molar refractivity (Wildman–Crippen MR) is 60.3 cm³/mol. The van der Waals surface area contributed by atoms with Gasteiger partial charge in [-0.1, -0.05) is 12.1 Å². The molecule has 0 radical (unpaired) electrons. The molecule has 18 heavy (non-hydrogen) atoms. The van der Waals surface area contributed by atoms with E-state index in [0.717, 1.165) is 24.8 Å². The van der Waals surface area contributed by atoms with Crippen LogP contribution in [0, 0.1) is 0 Å². The van der Waals surface area contributed by atoms with Gasteiger partial charge in [0.05, 0.1) is 12.2 Å². The Labute approximate surface area is 104 Å². The molecule has 1 aromatic carbocycles. The van der Waals surface area contributed by atoms with Crippen LogP contribution in [-0.2, 0) is 4.74 Å². The van der Waals surface area contributed by atoms with Crippen molar-refractivity contribution in [3.8, 4) is 5.75 Å². The van der Waals surface area contributed by atoms with Crippen LogP contribution in [0.2, 0.25) is 0 Å². The molecule has 1 aliphatic heterocycles. The minimum atomic E-state index is -4.64. The highest BCUT2D eigenvalue weighted by Gasteiger charge is 2.31. The van der Waals surface area contributed by atoms with Gasteiger partial charge in [0, 0.05) is 0 Å². The van der Waals surface area contributed by atoms with Gasteiger partial charge >= 0.3 is 6.36 Å². The SMILES string of the molecule is C[C@H]1CCC[C@@H](c2ccc(OC(F)(F)F)cc2)O1. The van der Waals surface area contributed by atoms with Crippen LogP contribution in [0.5, 0.6) is 5.75 Å². The maximum atomic E-state index is 12.0. The minimum Gasteiger partial charge on any atom is -0.406 e. The van der Waals surface area contributed by atoms with E-state index in [-0.39, 0.29) is 18.0 Å². The van der Waals surface area contributed by atoms with Crippen LogP contribution in [0.25, 0.3) is 0 Å². The van der Waals surface area contributed by atoms with E-state index in [0.29, 0.717) is 0 Å². The number of hydrogen-bond donors (Lipinski definition) is 0. The van der Waals surface area contributed by atoms with Gasteiger partial charge in [0.2, 0.25) is 0 Å². The van der Waals surface area contributed by atoms with Crippen LogP contribution < -0.4 is 4.74 Å². The highest BCUT2D eigenvalue weighted by molar-refractivity contribution is 5.29. The molecule has 1 fully saturated rings. The Kier molecular flexibility index (Phi) is 3.80. The Morgan fingerprint density at radius 3 is 2.39 bits per heavy atom. The molecule has 0 unspecified atom stereocenters. The summed E-state index contributed by atoms with van der Waals surface area (Å²) < 4.78 is 45.6. The van der Waals surface area contributed by atoms with Crippen LogP contribution >= 0.6 is 0 Å². The molecule has 0 spiro atoms. The van der Waals surface area contributed by atoms with Crippen LogP contribution in [0.3, 0.4) is 0 Å². The van der Waals surface area contributed by atoms with Crippen LogP contribution in [0.15, 0.2) is 24.3 Å². The summed E-state index contributed by atoms with van der Waals surface area (Å²) >= 11 is 0. The van der Waals surface area contributed by atoms with E-state index < -0.39 is 6.36 Å². The van der Waals surface area contributed by atoms with Crippen molar-refractivity contribution >= 4 is 0 Å². The molecule has 0 N–H and O–H groups in total. The van der Waals surface area contributed by atoms with Crippen molar-refractivity contribution in [3.63, 3.8) is 0 Å². The normalized spacial score (nSPS) is 24.9. The number of benzene rings is 1. The van der Waals surface area contributed by atoms with Crippen LogP contribution in [0.1, 0.15) is 37.9 Å². The first-order chi connectivity index (χ1) is 8.44. The van der Waals surface area contributed by atoms with Crippen molar-refractivity contribution in [2.45, 2.75) is 44.8 Å². The fraction of sp³-hybridized carbons (Fsp3) is 0.538. The number of ether oxygens (including phenoxy) is 2. The van der Waals surface area contributed by atoms with E-state index in [2.05, 4.69) is 4.74 Å². The molecule has 1 saturated heterocycles. The third kappa shape index (κ3) is 3.63. The zero-order valence-corrected chi connectivity index (χ0v) is 10.0. The van der Waals surface area contributed by atoms with Gasteiger partial charge < -0.3 is 9.47 Å². The monoisotopic (exact) mass is 260 g/mol. The summed E-state index contributed by atoms with van der Waals surface area (Å²) in [6.07, 6.45) is -1.44. The van der Waals surface area contributed by atoms with E-state index >= 15 is 0 Å². The summed E-state index contributed by atoms with van der Waals surface area (Å²) in [6.45, 7) is 2.01. The van der Waals surface area contributed by atoms with E-state index in [9.17, 15) is 13.2 Å². The molecule has 0 bridgehead atoms. The first-order valence-corrected chi connectivity index (χ1v) is 5.95.